The summed E-state index contributed by atoms with van der Waals surface area (Å²) in [6.07, 6.45) is 0. The maximum absolute atomic E-state index is 9.04. The first-order chi connectivity index (χ1) is 4.46. The van der Waals surface area contributed by atoms with E-state index in [0.717, 1.165) is 0 Å². The van der Waals surface area contributed by atoms with Crippen LogP contribution in [0.2, 0.25) is 0 Å². The molecule has 4 N–H and O–H groups in total. The largest absolute Gasteiger partial charge is 0.719 e. The SMILES string of the molecule is CC.NC(=O)[S-].NC(=O)[S-]. The highest BCUT2D eigenvalue weighted by molar-refractivity contribution is 7.77. The molecule has 0 fully saturated rings. The molecule has 0 rings (SSSR count). The Hall–Kier alpha value is -0.620. The van der Waals surface area contributed by atoms with Crippen molar-refractivity contribution in [1.82, 2.24) is 0 Å². The summed E-state index contributed by atoms with van der Waals surface area (Å²) in [6, 6.07) is 0. The van der Waals surface area contributed by atoms with E-state index in [1.54, 1.807) is 0 Å². The van der Waals surface area contributed by atoms with Crippen LogP contribution in [0.1, 0.15) is 13.8 Å². The van der Waals surface area contributed by atoms with Gasteiger partial charge in [0.2, 0.25) is 0 Å². The lowest BCUT2D eigenvalue weighted by Crippen LogP contribution is -2.00. The smallest absolute Gasteiger partial charge is 0.0954 e. The lowest BCUT2D eigenvalue weighted by molar-refractivity contribution is 0.266. The summed E-state index contributed by atoms with van der Waals surface area (Å²) in [7, 11) is 0. The molecule has 0 unspecified atom stereocenters. The average Bonchev–Trinajstić information content (AvgIpc) is 1.66. The van der Waals surface area contributed by atoms with Crippen molar-refractivity contribution in [3.8, 4) is 0 Å². The van der Waals surface area contributed by atoms with Crippen molar-refractivity contribution in [3.05, 3.63) is 0 Å². The van der Waals surface area contributed by atoms with Crippen molar-refractivity contribution in [1.29, 1.82) is 0 Å². The molecule has 0 aliphatic heterocycles. The number of hydrogen-bond donors (Lipinski definition) is 2. The van der Waals surface area contributed by atoms with Crippen molar-refractivity contribution < 1.29 is 9.59 Å². The number of amides is 2. The predicted molar refractivity (Wildman–Crippen MR) is 45.2 cm³/mol. The molecule has 2 amide bonds. The van der Waals surface area contributed by atoms with Gasteiger partial charge in [0.05, 0.1) is 10.5 Å². The van der Waals surface area contributed by atoms with E-state index in [0.29, 0.717) is 0 Å². The lowest BCUT2D eigenvalue weighted by Gasteiger charge is -1.83. The standard InChI is InChI=1S/C2H6.2CH3NOS/c1-2;2*2-1(3)4/h1-2H3;2*(H3,2,3,4)/p-2. The minimum absolute atomic E-state index is 0.750. The average molecular weight is 182 g/mol. The van der Waals surface area contributed by atoms with E-state index < -0.39 is 10.5 Å². The van der Waals surface area contributed by atoms with Crippen LogP contribution in [-0.2, 0) is 25.3 Å². The van der Waals surface area contributed by atoms with E-state index in [1.807, 2.05) is 13.8 Å². The van der Waals surface area contributed by atoms with Crippen LogP contribution in [0.3, 0.4) is 0 Å². The van der Waals surface area contributed by atoms with Gasteiger partial charge in [0, 0.05) is 0 Å². The highest BCUT2D eigenvalue weighted by atomic mass is 32.1. The summed E-state index contributed by atoms with van der Waals surface area (Å²) in [6.45, 7) is 4.00. The Morgan fingerprint density at radius 1 is 1.00 bits per heavy atom. The van der Waals surface area contributed by atoms with Gasteiger partial charge in [0.25, 0.3) is 0 Å². The Morgan fingerprint density at radius 3 is 1.00 bits per heavy atom. The van der Waals surface area contributed by atoms with E-state index in [9.17, 15) is 0 Å². The third-order valence-electron chi connectivity index (χ3n) is 0. The van der Waals surface area contributed by atoms with Crippen molar-refractivity contribution in [2.75, 3.05) is 0 Å². The molecule has 0 atom stereocenters. The summed E-state index contributed by atoms with van der Waals surface area (Å²) >= 11 is 7.52. The van der Waals surface area contributed by atoms with Gasteiger partial charge in [-0.2, -0.15) is 0 Å². The number of rotatable bonds is 0. The first-order valence-corrected chi connectivity index (χ1v) is 3.21. The summed E-state index contributed by atoms with van der Waals surface area (Å²) in [5.41, 5.74) is 8.57. The quantitative estimate of drug-likeness (QED) is 0.526. The van der Waals surface area contributed by atoms with Gasteiger partial charge in [-0.3, -0.25) is 0 Å². The maximum Gasteiger partial charge on any atom is 0.0954 e. The number of hydrogen-bond acceptors (Lipinski definition) is 4. The maximum atomic E-state index is 9.04. The lowest BCUT2D eigenvalue weighted by atomic mass is 11.0. The van der Waals surface area contributed by atoms with Crippen molar-refractivity contribution in [3.63, 3.8) is 0 Å². The molecule has 10 heavy (non-hydrogen) atoms. The molecule has 0 aromatic carbocycles. The molecule has 0 aromatic heterocycles. The molecule has 6 heteroatoms. The fourth-order valence-electron chi connectivity index (χ4n) is 0. The van der Waals surface area contributed by atoms with E-state index in [2.05, 4.69) is 36.7 Å². The minimum atomic E-state index is -0.750. The predicted octanol–water partition coefficient (Wildman–Crippen LogP) is 0.250. The van der Waals surface area contributed by atoms with E-state index in [4.69, 9.17) is 9.59 Å². The Morgan fingerprint density at radius 2 is 1.00 bits per heavy atom. The zero-order valence-corrected chi connectivity index (χ0v) is 7.42. The van der Waals surface area contributed by atoms with E-state index in [-0.39, 0.29) is 0 Å². The molecule has 0 radical (unpaired) electrons. The molecule has 0 saturated heterocycles. The summed E-state index contributed by atoms with van der Waals surface area (Å²) in [4.78, 5) is 18.1. The third kappa shape index (κ3) is 781. The van der Waals surface area contributed by atoms with Crippen LogP contribution in [0.5, 0.6) is 0 Å². The molecule has 0 aliphatic rings. The molecule has 0 heterocycles. The Kier molecular flexibility index (Phi) is 25.5. The van der Waals surface area contributed by atoms with Crippen LogP contribution in [0.4, 0.5) is 9.59 Å². The molecule has 0 aliphatic carbocycles. The fraction of sp³-hybridized carbons (Fsp3) is 0.500. The van der Waals surface area contributed by atoms with Crippen LogP contribution in [-0.4, -0.2) is 10.5 Å². The van der Waals surface area contributed by atoms with Gasteiger partial charge >= 0.3 is 0 Å². The Balaban J connectivity index is -0.0000000787. The number of nitrogens with two attached hydrogens (primary N) is 2. The normalized spacial score (nSPS) is 5.40. The highest BCUT2D eigenvalue weighted by Crippen LogP contribution is 1.40. The summed E-state index contributed by atoms with van der Waals surface area (Å²) in [5, 5.41) is -1.50. The second-order valence-corrected chi connectivity index (χ2v) is 1.44. The molecule has 0 spiro atoms. The molecular weight excluding hydrogens is 172 g/mol. The molecule has 0 bridgehead atoms. The van der Waals surface area contributed by atoms with Gasteiger partial charge in [-0.1, -0.05) is 13.8 Å². The van der Waals surface area contributed by atoms with Crippen LogP contribution < -0.4 is 11.5 Å². The molecule has 62 valence electrons. The minimum Gasteiger partial charge on any atom is -0.719 e. The van der Waals surface area contributed by atoms with Gasteiger partial charge < -0.3 is 46.3 Å². The summed E-state index contributed by atoms with van der Waals surface area (Å²) in [5.74, 6) is 0. The van der Waals surface area contributed by atoms with Gasteiger partial charge in [-0.25, -0.2) is 0 Å². The van der Waals surface area contributed by atoms with Crippen LogP contribution in [0, 0.1) is 0 Å². The molecular formula is C4H10N2O2S2-2. The first-order valence-electron chi connectivity index (χ1n) is 2.39. The van der Waals surface area contributed by atoms with Crippen LogP contribution >= 0.6 is 0 Å². The monoisotopic (exact) mass is 182 g/mol. The molecule has 0 aromatic rings. The number of carbonyl (C=O) groups excluding carboxylic acids is 2. The second-order valence-electron chi connectivity index (χ2n) is 0.638. The zero-order chi connectivity index (χ0) is 9.15. The Bertz CT molecular complexity index is 77.3. The third-order valence-corrected chi connectivity index (χ3v) is 0. The van der Waals surface area contributed by atoms with Gasteiger partial charge in [0.1, 0.15) is 0 Å². The topological polar surface area (TPSA) is 86.2 Å². The van der Waals surface area contributed by atoms with Crippen molar-refractivity contribution >= 4 is 35.7 Å². The second kappa shape index (κ2) is 15.8. The van der Waals surface area contributed by atoms with Crippen LogP contribution in [0.25, 0.3) is 0 Å². The Labute approximate surface area is 71.2 Å². The first kappa shape index (κ1) is 16.2. The van der Waals surface area contributed by atoms with Crippen molar-refractivity contribution in [2.24, 2.45) is 11.5 Å². The van der Waals surface area contributed by atoms with Crippen LogP contribution in [0.15, 0.2) is 0 Å². The molecule has 4 nitrogen and oxygen atoms in total. The summed E-state index contributed by atoms with van der Waals surface area (Å²) < 4.78 is 0. The van der Waals surface area contributed by atoms with E-state index >= 15 is 0 Å². The fourth-order valence-corrected chi connectivity index (χ4v) is 0. The molecule has 0 saturated carbocycles. The van der Waals surface area contributed by atoms with Crippen molar-refractivity contribution in [2.45, 2.75) is 13.8 Å². The van der Waals surface area contributed by atoms with Gasteiger partial charge in [0.15, 0.2) is 0 Å². The van der Waals surface area contributed by atoms with Gasteiger partial charge in [-0.05, 0) is 0 Å². The van der Waals surface area contributed by atoms with E-state index in [1.165, 1.54) is 0 Å². The van der Waals surface area contributed by atoms with Gasteiger partial charge in [-0.15, -0.1) is 0 Å². The zero-order valence-electron chi connectivity index (χ0n) is 5.79. The number of primary amides is 2. The number of carbonyl (C=O) groups is 2. The highest BCUT2D eigenvalue weighted by Gasteiger charge is 1.42.